The van der Waals surface area contributed by atoms with Gasteiger partial charge in [0.1, 0.15) is 5.82 Å². The van der Waals surface area contributed by atoms with E-state index >= 15 is 0 Å². The molecule has 0 saturated heterocycles. The molecule has 1 aromatic carbocycles. The number of benzene rings is 1. The standard InChI is InChI=1S/C24H28N4O2/c1-2-8-22-26-23(17-9-4-3-5-10-17)27-28(22)16-19-14-13-18(15-25-19)20-11-6-7-12-21(20)24(29)30/h6-7,11-15,17H,2-5,8-10,16H2,1H3,(H,29,30). The van der Waals surface area contributed by atoms with E-state index in [0.29, 0.717) is 18.0 Å². The number of carboxylic acids is 1. The molecule has 30 heavy (non-hydrogen) atoms. The third-order valence-corrected chi connectivity index (χ3v) is 5.81. The fourth-order valence-electron chi connectivity index (χ4n) is 4.21. The van der Waals surface area contributed by atoms with Gasteiger partial charge < -0.3 is 5.11 Å². The van der Waals surface area contributed by atoms with E-state index in [-0.39, 0.29) is 5.56 Å². The Labute approximate surface area is 177 Å². The third-order valence-electron chi connectivity index (χ3n) is 5.81. The first-order valence-electron chi connectivity index (χ1n) is 10.9. The highest BCUT2D eigenvalue weighted by atomic mass is 16.4. The molecular formula is C24H28N4O2. The van der Waals surface area contributed by atoms with Gasteiger partial charge in [-0.25, -0.2) is 14.5 Å². The number of carboxylic acid groups (broad SMARTS) is 1. The van der Waals surface area contributed by atoms with Gasteiger partial charge in [0.2, 0.25) is 0 Å². The second kappa shape index (κ2) is 9.20. The van der Waals surface area contributed by atoms with Crippen LogP contribution in [0.15, 0.2) is 42.6 Å². The number of carbonyl (C=O) groups is 1. The number of nitrogens with zero attached hydrogens (tertiary/aromatic N) is 4. The van der Waals surface area contributed by atoms with Crippen molar-refractivity contribution in [3.63, 3.8) is 0 Å². The molecule has 0 spiro atoms. The Bertz CT molecular complexity index is 1000. The van der Waals surface area contributed by atoms with Crippen LogP contribution in [0.1, 0.15) is 79.1 Å². The van der Waals surface area contributed by atoms with Crippen molar-refractivity contribution in [3.05, 3.63) is 65.5 Å². The zero-order valence-electron chi connectivity index (χ0n) is 17.4. The largest absolute Gasteiger partial charge is 0.478 e. The minimum Gasteiger partial charge on any atom is -0.478 e. The quantitative estimate of drug-likeness (QED) is 0.593. The van der Waals surface area contributed by atoms with Crippen LogP contribution in [0.5, 0.6) is 0 Å². The van der Waals surface area contributed by atoms with Crippen molar-refractivity contribution < 1.29 is 9.90 Å². The van der Waals surface area contributed by atoms with Crippen molar-refractivity contribution in [2.75, 3.05) is 0 Å². The zero-order valence-corrected chi connectivity index (χ0v) is 17.4. The molecule has 1 N–H and O–H groups in total. The van der Waals surface area contributed by atoms with Crippen molar-refractivity contribution >= 4 is 5.97 Å². The molecule has 2 aromatic heterocycles. The summed E-state index contributed by atoms with van der Waals surface area (Å²) in [7, 11) is 0. The molecule has 6 nitrogen and oxygen atoms in total. The van der Waals surface area contributed by atoms with E-state index < -0.39 is 5.97 Å². The lowest BCUT2D eigenvalue weighted by Gasteiger charge is -2.18. The van der Waals surface area contributed by atoms with E-state index in [9.17, 15) is 9.90 Å². The number of rotatable bonds is 7. The average molecular weight is 405 g/mol. The van der Waals surface area contributed by atoms with Gasteiger partial charge >= 0.3 is 5.97 Å². The normalized spacial score (nSPS) is 14.7. The Morgan fingerprint density at radius 3 is 2.63 bits per heavy atom. The van der Waals surface area contributed by atoms with Crippen molar-refractivity contribution in [2.45, 2.75) is 64.3 Å². The van der Waals surface area contributed by atoms with Crippen LogP contribution < -0.4 is 0 Å². The van der Waals surface area contributed by atoms with Gasteiger partial charge in [-0.1, -0.05) is 50.5 Å². The number of hydrogen-bond donors (Lipinski definition) is 1. The van der Waals surface area contributed by atoms with E-state index in [1.807, 2.05) is 28.9 Å². The van der Waals surface area contributed by atoms with Crippen LogP contribution >= 0.6 is 0 Å². The summed E-state index contributed by atoms with van der Waals surface area (Å²) in [5.41, 5.74) is 2.65. The third kappa shape index (κ3) is 4.42. The number of aromatic carboxylic acids is 1. The molecule has 1 fully saturated rings. The topological polar surface area (TPSA) is 80.9 Å². The Morgan fingerprint density at radius 2 is 1.93 bits per heavy atom. The molecule has 0 radical (unpaired) electrons. The fourth-order valence-corrected chi connectivity index (χ4v) is 4.21. The van der Waals surface area contributed by atoms with Gasteiger partial charge in [-0.05, 0) is 37.0 Å². The maximum atomic E-state index is 11.5. The smallest absolute Gasteiger partial charge is 0.336 e. The van der Waals surface area contributed by atoms with Crippen LogP contribution in [-0.2, 0) is 13.0 Å². The predicted octanol–water partition coefficient (Wildman–Crippen LogP) is 5.09. The van der Waals surface area contributed by atoms with Crippen molar-refractivity contribution in [1.29, 1.82) is 0 Å². The van der Waals surface area contributed by atoms with Crippen LogP contribution in [0, 0.1) is 0 Å². The molecule has 156 valence electrons. The van der Waals surface area contributed by atoms with E-state index in [2.05, 4.69) is 11.9 Å². The molecule has 0 bridgehead atoms. The molecule has 2 heterocycles. The molecule has 1 saturated carbocycles. The molecule has 0 atom stereocenters. The first-order valence-corrected chi connectivity index (χ1v) is 10.9. The van der Waals surface area contributed by atoms with Gasteiger partial charge in [0.15, 0.2) is 5.82 Å². The first kappa shape index (κ1) is 20.3. The molecule has 3 aromatic rings. The summed E-state index contributed by atoms with van der Waals surface area (Å²) in [6.07, 6.45) is 9.91. The lowest BCUT2D eigenvalue weighted by molar-refractivity contribution is 0.0697. The molecule has 4 rings (SSSR count). The predicted molar refractivity (Wildman–Crippen MR) is 116 cm³/mol. The molecule has 1 aliphatic rings. The summed E-state index contributed by atoms with van der Waals surface area (Å²) in [5.74, 6) is 1.57. The van der Waals surface area contributed by atoms with Crippen molar-refractivity contribution in [2.24, 2.45) is 0 Å². The minimum absolute atomic E-state index is 0.283. The van der Waals surface area contributed by atoms with Gasteiger partial charge in [-0.15, -0.1) is 0 Å². The van der Waals surface area contributed by atoms with E-state index in [1.54, 1.807) is 18.3 Å². The van der Waals surface area contributed by atoms with Crippen LogP contribution in [-0.4, -0.2) is 30.8 Å². The van der Waals surface area contributed by atoms with Gasteiger partial charge in [-0.2, -0.15) is 5.10 Å². The Hall–Kier alpha value is -3.02. The number of pyridine rings is 1. The highest BCUT2D eigenvalue weighted by Gasteiger charge is 2.21. The molecule has 1 aliphatic carbocycles. The molecule has 0 amide bonds. The maximum Gasteiger partial charge on any atom is 0.336 e. The first-order chi connectivity index (χ1) is 14.7. The summed E-state index contributed by atoms with van der Waals surface area (Å²) in [4.78, 5) is 21.0. The number of aromatic nitrogens is 4. The summed E-state index contributed by atoms with van der Waals surface area (Å²) in [5, 5.41) is 14.3. The minimum atomic E-state index is -0.934. The van der Waals surface area contributed by atoms with Gasteiger partial charge in [0, 0.05) is 24.1 Å². The second-order valence-electron chi connectivity index (χ2n) is 8.02. The summed E-state index contributed by atoms with van der Waals surface area (Å²) in [6, 6.07) is 10.9. The van der Waals surface area contributed by atoms with E-state index in [1.165, 1.54) is 32.1 Å². The average Bonchev–Trinajstić information content (AvgIpc) is 3.17. The second-order valence-corrected chi connectivity index (χ2v) is 8.02. The Kier molecular flexibility index (Phi) is 6.21. The maximum absolute atomic E-state index is 11.5. The molecular weight excluding hydrogens is 376 g/mol. The van der Waals surface area contributed by atoms with Crippen LogP contribution in [0.4, 0.5) is 0 Å². The number of hydrogen-bond acceptors (Lipinski definition) is 4. The highest BCUT2D eigenvalue weighted by molar-refractivity contribution is 5.95. The molecule has 6 heteroatoms. The summed E-state index contributed by atoms with van der Waals surface area (Å²) >= 11 is 0. The summed E-state index contributed by atoms with van der Waals surface area (Å²) < 4.78 is 2.00. The van der Waals surface area contributed by atoms with E-state index in [0.717, 1.165) is 35.7 Å². The van der Waals surface area contributed by atoms with Crippen LogP contribution in [0.2, 0.25) is 0 Å². The van der Waals surface area contributed by atoms with Crippen LogP contribution in [0.3, 0.4) is 0 Å². The van der Waals surface area contributed by atoms with Gasteiger partial charge in [0.05, 0.1) is 17.8 Å². The fraction of sp³-hybridized carbons (Fsp3) is 0.417. The molecule has 0 unspecified atom stereocenters. The highest BCUT2D eigenvalue weighted by Crippen LogP contribution is 2.31. The Morgan fingerprint density at radius 1 is 1.13 bits per heavy atom. The SMILES string of the molecule is CCCc1nc(C2CCCCC2)nn1Cc1ccc(-c2ccccc2C(=O)O)cn1. The van der Waals surface area contributed by atoms with Crippen molar-refractivity contribution in [3.8, 4) is 11.1 Å². The summed E-state index contributed by atoms with van der Waals surface area (Å²) in [6.45, 7) is 2.74. The lowest BCUT2D eigenvalue weighted by Crippen LogP contribution is -2.09. The molecule has 0 aliphatic heterocycles. The van der Waals surface area contributed by atoms with Gasteiger partial charge in [0.25, 0.3) is 0 Å². The van der Waals surface area contributed by atoms with Crippen LogP contribution in [0.25, 0.3) is 11.1 Å². The van der Waals surface area contributed by atoms with Gasteiger partial charge in [-0.3, -0.25) is 4.98 Å². The lowest BCUT2D eigenvalue weighted by atomic mass is 9.89. The van der Waals surface area contributed by atoms with E-state index in [4.69, 9.17) is 10.1 Å². The number of aryl methyl sites for hydroxylation is 1. The zero-order chi connectivity index (χ0) is 20.9. The Balaban J connectivity index is 1.56. The van der Waals surface area contributed by atoms with Crippen molar-refractivity contribution in [1.82, 2.24) is 19.7 Å². The monoisotopic (exact) mass is 404 g/mol.